The van der Waals surface area contributed by atoms with Crippen LogP contribution in [-0.4, -0.2) is 22.9 Å². The summed E-state index contributed by atoms with van der Waals surface area (Å²) in [6.45, 7) is 0. The van der Waals surface area contributed by atoms with Crippen LogP contribution in [0, 0.1) is 10.1 Å². The van der Waals surface area contributed by atoms with Crippen molar-refractivity contribution in [1.29, 1.82) is 0 Å². The Morgan fingerprint density at radius 1 is 1.45 bits per heavy atom. The third-order valence-electron chi connectivity index (χ3n) is 2.84. The maximum Gasteiger partial charge on any atom is 0.274 e. The number of fused-ring (bicyclic) bond motifs is 1. The molecule has 0 unspecified atom stereocenters. The number of amides is 1. The molecule has 9 heteroatoms. The predicted molar refractivity (Wildman–Crippen MR) is 85.1 cm³/mol. The zero-order valence-electron chi connectivity index (χ0n) is 11.2. The van der Waals surface area contributed by atoms with E-state index in [-0.39, 0.29) is 11.6 Å². The SMILES string of the molecule is COc1cc([N+](=O)[O-])cc2sc(NC(=O)c3cccs3)nc12. The second kappa shape index (κ2) is 5.70. The fraction of sp³-hybridized carbons (Fsp3) is 0.0769. The molecule has 112 valence electrons. The molecule has 1 N–H and O–H groups in total. The number of hydrogen-bond donors (Lipinski definition) is 1. The summed E-state index contributed by atoms with van der Waals surface area (Å²) >= 11 is 2.48. The molecule has 2 aromatic heterocycles. The van der Waals surface area contributed by atoms with Crippen molar-refractivity contribution < 1.29 is 14.5 Å². The lowest BCUT2D eigenvalue weighted by molar-refractivity contribution is -0.384. The van der Waals surface area contributed by atoms with Crippen LogP contribution in [0.4, 0.5) is 10.8 Å². The van der Waals surface area contributed by atoms with Gasteiger partial charge in [0.05, 0.1) is 27.7 Å². The number of nitro benzene ring substituents is 1. The van der Waals surface area contributed by atoms with E-state index >= 15 is 0 Å². The number of nitrogens with one attached hydrogen (secondary N) is 1. The van der Waals surface area contributed by atoms with Gasteiger partial charge in [0.2, 0.25) is 0 Å². The van der Waals surface area contributed by atoms with Gasteiger partial charge in [0, 0.05) is 6.07 Å². The number of carbonyl (C=O) groups excluding carboxylic acids is 1. The third kappa shape index (κ3) is 2.63. The summed E-state index contributed by atoms with van der Waals surface area (Å²) < 4.78 is 5.71. The van der Waals surface area contributed by atoms with E-state index in [2.05, 4.69) is 10.3 Å². The first-order chi connectivity index (χ1) is 10.6. The van der Waals surface area contributed by atoms with Crippen LogP contribution in [0.3, 0.4) is 0 Å². The zero-order valence-corrected chi connectivity index (χ0v) is 12.9. The lowest BCUT2D eigenvalue weighted by Gasteiger charge is -2.00. The molecule has 0 saturated carbocycles. The van der Waals surface area contributed by atoms with Crippen molar-refractivity contribution in [3.8, 4) is 5.75 Å². The van der Waals surface area contributed by atoms with Gasteiger partial charge < -0.3 is 4.74 Å². The Hall–Kier alpha value is -2.52. The van der Waals surface area contributed by atoms with Crippen LogP contribution in [-0.2, 0) is 0 Å². The van der Waals surface area contributed by atoms with Gasteiger partial charge in [0.15, 0.2) is 10.9 Å². The van der Waals surface area contributed by atoms with E-state index < -0.39 is 4.92 Å². The van der Waals surface area contributed by atoms with Gasteiger partial charge in [-0.3, -0.25) is 20.2 Å². The van der Waals surface area contributed by atoms with Crippen LogP contribution >= 0.6 is 22.7 Å². The maximum atomic E-state index is 12.0. The molecule has 0 aliphatic carbocycles. The van der Waals surface area contributed by atoms with Gasteiger partial charge in [0.25, 0.3) is 11.6 Å². The number of thiophene rings is 1. The number of aromatic nitrogens is 1. The van der Waals surface area contributed by atoms with Gasteiger partial charge in [-0.1, -0.05) is 17.4 Å². The molecule has 0 spiro atoms. The molecular weight excluding hydrogens is 326 g/mol. The average Bonchev–Trinajstić information content (AvgIpc) is 3.14. The molecule has 0 aliphatic heterocycles. The maximum absolute atomic E-state index is 12.0. The number of benzene rings is 1. The van der Waals surface area contributed by atoms with Crippen LogP contribution in [0.25, 0.3) is 10.2 Å². The third-order valence-corrected chi connectivity index (χ3v) is 4.63. The van der Waals surface area contributed by atoms with Crippen molar-refractivity contribution in [3.63, 3.8) is 0 Å². The van der Waals surface area contributed by atoms with Crippen molar-refractivity contribution in [2.75, 3.05) is 12.4 Å². The van der Waals surface area contributed by atoms with Crippen LogP contribution in [0.1, 0.15) is 9.67 Å². The molecule has 2 heterocycles. The van der Waals surface area contributed by atoms with Gasteiger partial charge >= 0.3 is 0 Å². The second-order valence-electron chi connectivity index (χ2n) is 4.20. The highest BCUT2D eigenvalue weighted by Crippen LogP contribution is 2.36. The van der Waals surface area contributed by atoms with Crippen LogP contribution in [0.5, 0.6) is 5.75 Å². The Balaban J connectivity index is 1.98. The number of hydrogen-bond acceptors (Lipinski definition) is 7. The number of non-ortho nitro benzene ring substituents is 1. The summed E-state index contributed by atoms with van der Waals surface area (Å²) in [6.07, 6.45) is 0. The number of anilines is 1. The van der Waals surface area contributed by atoms with E-state index in [0.717, 1.165) is 11.3 Å². The molecule has 0 fully saturated rings. The summed E-state index contributed by atoms with van der Waals surface area (Å²) in [5.41, 5.74) is 0.406. The minimum absolute atomic E-state index is 0.0795. The van der Waals surface area contributed by atoms with Crippen molar-refractivity contribution in [1.82, 2.24) is 4.98 Å². The molecule has 22 heavy (non-hydrogen) atoms. The minimum atomic E-state index is -0.494. The molecule has 3 aromatic rings. The van der Waals surface area contributed by atoms with Crippen LogP contribution < -0.4 is 10.1 Å². The van der Waals surface area contributed by atoms with E-state index in [1.54, 1.807) is 17.5 Å². The van der Waals surface area contributed by atoms with Crippen molar-refractivity contribution >= 4 is 49.6 Å². The molecule has 1 amide bonds. The molecule has 1 aromatic carbocycles. The molecule has 0 atom stereocenters. The minimum Gasteiger partial charge on any atom is -0.494 e. The molecule has 0 radical (unpaired) electrons. The van der Waals surface area contributed by atoms with Gasteiger partial charge in [0.1, 0.15) is 5.52 Å². The molecule has 0 bridgehead atoms. The number of thiazole rings is 1. The van der Waals surface area contributed by atoms with E-state index in [0.29, 0.717) is 26.0 Å². The number of methoxy groups -OCH3 is 1. The Labute approximate surface area is 132 Å². The smallest absolute Gasteiger partial charge is 0.274 e. The Bertz CT molecular complexity index is 858. The quantitative estimate of drug-likeness (QED) is 0.581. The number of nitro groups is 1. The molecule has 0 aliphatic rings. The van der Waals surface area contributed by atoms with E-state index in [1.807, 2.05) is 0 Å². The number of carbonyl (C=O) groups is 1. The molecule has 3 rings (SSSR count). The number of rotatable bonds is 4. The van der Waals surface area contributed by atoms with E-state index in [9.17, 15) is 14.9 Å². The normalized spacial score (nSPS) is 10.6. The molecule has 0 saturated heterocycles. The Kier molecular flexibility index (Phi) is 3.73. The highest BCUT2D eigenvalue weighted by atomic mass is 32.1. The van der Waals surface area contributed by atoms with Gasteiger partial charge in [-0.05, 0) is 11.4 Å². The summed E-state index contributed by atoms with van der Waals surface area (Å²) in [5.74, 6) is 0.0413. The zero-order chi connectivity index (χ0) is 15.7. The van der Waals surface area contributed by atoms with Gasteiger partial charge in [-0.2, -0.15) is 0 Å². The number of ether oxygens (including phenoxy) is 1. The van der Waals surface area contributed by atoms with Gasteiger partial charge in [-0.15, -0.1) is 11.3 Å². The highest BCUT2D eigenvalue weighted by Gasteiger charge is 2.17. The van der Waals surface area contributed by atoms with Crippen molar-refractivity contribution in [2.45, 2.75) is 0 Å². The van der Waals surface area contributed by atoms with Crippen molar-refractivity contribution in [2.24, 2.45) is 0 Å². The molecular formula is C13H9N3O4S2. The summed E-state index contributed by atoms with van der Waals surface area (Å²) in [6, 6.07) is 6.21. The van der Waals surface area contributed by atoms with E-state index in [4.69, 9.17) is 4.74 Å². The Morgan fingerprint density at radius 2 is 2.27 bits per heavy atom. The monoisotopic (exact) mass is 335 g/mol. The standard InChI is InChI=1S/C13H9N3O4S2/c1-20-8-5-7(16(18)19)6-10-11(8)14-13(22-10)15-12(17)9-3-2-4-21-9/h2-6H,1H3,(H,14,15,17). The Morgan fingerprint density at radius 3 is 2.91 bits per heavy atom. The first kappa shape index (κ1) is 14.4. The van der Waals surface area contributed by atoms with Crippen LogP contribution in [0.2, 0.25) is 0 Å². The summed E-state index contributed by atoms with van der Waals surface area (Å²) in [7, 11) is 1.42. The largest absolute Gasteiger partial charge is 0.494 e. The number of nitrogens with zero attached hydrogens (tertiary/aromatic N) is 2. The topological polar surface area (TPSA) is 94.4 Å². The predicted octanol–water partition coefficient (Wildman–Crippen LogP) is 3.53. The summed E-state index contributed by atoms with van der Waals surface area (Å²) in [5, 5.41) is 15.8. The van der Waals surface area contributed by atoms with E-state index in [1.165, 1.54) is 30.6 Å². The van der Waals surface area contributed by atoms with Crippen LogP contribution in [0.15, 0.2) is 29.6 Å². The van der Waals surface area contributed by atoms with Crippen molar-refractivity contribution in [3.05, 3.63) is 44.6 Å². The first-order valence-electron chi connectivity index (χ1n) is 6.06. The fourth-order valence-corrected chi connectivity index (χ4v) is 3.40. The first-order valence-corrected chi connectivity index (χ1v) is 7.76. The lowest BCUT2D eigenvalue weighted by atomic mass is 10.3. The van der Waals surface area contributed by atoms with Gasteiger partial charge in [-0.25, -0.2) is 4.98 Å². The fourth-order valence-electron chi connectivity index (χ4n) is 1.87. The molecule has 7 nitrogen and oxygen atoms in total. The lowest BCUT2D eigenvalue weighted by Crippen LogP contribution is -2.09. The average molecular weight is 335 g/mol. The summed E-state index contributed by atoms with van der Waals surface area (Å²) in [4.78, 5) is 27.3. The second-order valence-corrected chi connectivity index (χ2v) is 6.18. The highest BCUT2D eigenvalue weighted by molar-refractivity contribution is 7.22.